The molecule has 1 fully saturated rings. The van der Waals surface area contributed by atoms with Crippen LogP contribution in [0.1, 0.15) is 27.2 Å². The maximum Gasteiger partial charge on any atom is 0.411 e. The second-order valence-corrected chi connectivity index (χ2v) is 4.81. The molecule has 0 aromatic rings. The second-order valence-electron chi connectivity index (χ2n) is 4.81. The first-order chi connectivity index (χ1) is 7.22. The van der Waals surface area contributed by atoms with Crippen molar-refractivity contribution in [1.82, 2.24) is 4.90 Å². The van der Waals surface area contributed by atoms with Crippen LogP contribution in [-0.2, 0) is 9.53 Å². The standard InChI is InChI=1S/C10H17NO5/c1-10(2,3)16-9(15)11-5-4-6(12)7(11)8(13)14/h6-7,12H,4-5H2,1-3H3,(H,13,14)/t6-,7?/m1/s1. The molecule has 1 amide bonds. The third-order valence-corrected chi connectivity index (χ3v) is 2.25. The minimum Gasteiger partial charge on any atom is -0.480 e. The molecule has 1 aliphatic rings. The molecule has 92 valence electrons. The molecule has 1 rings (SSSR count). The van der Waals surface area contributed by atoms with Crippen molar-refractivity contribution in [2.45, 2.75) is 44.9 Å². The number of likely N-dealkylation sites (tertiary alicyclic amines) is 1. The SMILES string of the molecule is CC(C)(C)OC(=O)N1CC[C@@H](O)C1C(=O)O. The van der Waals surface area contributed by atoms with E-state index in [4.69, 9.17) is 9.84 Å². The molecule has 6 nitrogen and oxygen atoms in total. The molecule has 2 atom stereocenters. The number of aliphatic hydroxyl groups is 1. The predicted molar refractivity (Wildman–Crippen MR) is 55.0 cm³/mol. The summed E-state index contributed by atoms with van der Waals surface area (Å²) in [6.07, 6.45) is -1.46. The number of aliphatic hydroxyl groups excluding tert-OH is 1. The zero-order chi connectivity index (χ0) is 12.5. The van der Waals surface area contributed by atoms with Gasteiger partial charge in [0.1, 0.15) is 5.60 Å². The summed E-state index contributed by atoms with van der Waals surface area (Å²) in [5.74, 6) is -1.21. The third kappa shape index (κ3) is 2.85. The Hall–Kier alpha value is -1.30. The summed E-state index contributed by atoms with van der Waals surface area (Å²) in [5, 5.41) is 18.3. The lowest BCUT2D eigenvalue weighted by atomic mass is 10.2. The summed E-state index contributed by atoms with van der Waals surface area (Å²) in [6.45, 7) is 5.31. The number of aliphatic carboxylic acids is 1. The Morgan fingerprint density at radius 1 is 1.38 bits per heavy atom. The van der Waals surface area contributed by atoms with E-state index in [1.54, 1.807) is 20.8 Å². The lowest BCUT2D eigenvalue weighted by molar-refractivity contribution is -0.144. The lowest BCUT2D eigenvalue weighted by Crippen LogP contribution is -2.46. The summed E-state index contributed by atoms with van der Waals surface area (Å²) in [4.78, 5) is 23.6. The van der Waals surface area contributed by atoms with E-state index in [0.717, 1.165) is 4.90 Å². The zero-order valence-corrected chi connectivity index (χ0v) is 9.64. The van der Waals surface area contributed by atoms with E-state index < -0.39 is 29.8 Å². The maximum absolute atomic E-state index is 11.7. The first-order valence-electron chi connectivity index (χ1n) is 5.13. The van der Waals surface area contributed by atoms with Crippen molar-refractivity contribution in [3.63, 3.8) is 0 Å². The topological polar surface area (TPSA) is 87.1 Å². The van der Waals surface area contributed by atoms with Crippen LogP contribution in [0.4, 0.5) is 4.79 Å². The van der Waals surface area contributed by atoms with E-state index in [9.17, 15) is 14.7 Å². The van der Waals surface area contributed by atoms with Crippen molar-refractivity contribution in [3.05, 3.63) is 0 Å². The molecular formula is C10H17NO5. The molecule has 0 aromatic heterocycles. The molecule has 0 bridgehead atoms. The van der Waals surface area contributed by atoms with Gasteiger partial charge in [0.25, 0.3) is 0 Å². The average Bonchev–Trinajstić information content (AvgIpc) is 2.43. The van der Waals surface area contributed by atoms with Gasteiger partial charge in [0.2, 0.25) is 0 Å². The number of hydrogen-bond acceptors (Lipinski definition) is 4. The van der Waals surface area contributed by atoms with Crippen LogP contribution in [0.15, 0.2) is 0 Å². The first kappa shape index (κ1) is 12.8. The van der Waals surface area contributed by atoms with Gasteiger partial charge in [0.15, 0.2) is 6.04 Å². The van der Waals surface area contributed by atoms with Crippen molar-refractivity contribution in [2.75, 3.05) is 6.54 Å². The van der Waals surface area contributed by atoms with Gasteiger partial charge in [0.05, 0.1) is 6.10 Å². The van der Waals surface area contributed by atoms with Gasteiger partial charge in [-0.15, -0.1) is 0 Å². The molecule has 16 heavy (non-hydrogen) atoms. The van der Waals surface area contributed by atoms with Crippen molar-refractivity contribution in [3.8, 4) is 0 Å². The summed E-state index contributed by atoms with van der Waals surface area (Å²) >= 11 is 0. The Balaban J connectivity index is 2.73. The number of carboxylic acids is 1. The van der Waals surface area contributed by atoms with Gasteiger partial charge in [-0.2, -0.15) is 0 Å². The monoisotopic (exact) mass is 231 g/mol. The van der Waals surface area contributed by atoms with E-state index in [2.05, 4.69) is 0 Å². The number of amides is 1. The summed E-state index contributed by atoms with van der Waals surface area (Å²) < 4.78 is 5.06. The highest BCUT2D eigenvalue weighted by molar-refractivity contribution is 5.81. The van der Waals surface area contributed by atoms with E-state index >= 15 is 0 Å². The smallest absolute Gasteiger partial charge is 0.411 e. The Kier molecular flexibility index (Phi) is 3.42. The second kappa shape index (κ2) is 4.29. The molecule has 1 heterocycles. The van der Waals surface area contributed by atoms with Crippen LogP contribution < -0.4 is 0 Å². The fourth-order valence-corrected chi connectivity index (χ4v) is 1.60. The Morgan fingerprint density at radius 2 is 1.94 bits per heavy atom. The van der Waals surface area contributed by atoms with Gasteiger partial charge in [-0.25, -0.2) is 9.59 Å². The van der Waals surface area contributed by atoms with Crippen LogP contribution in [0.2, 0.25) is 0 Å². The molecule has 0 aliphatic carbocycles. The van der Waals surface area contributed by atoms with E-state index in [0.29, 0.717) is 0 Å². The maximum atomic E-state index is 11.7. The molecule has 0 saturated carbocycles. The molecule has 0 aromatic carbocycles. The fraction of sp³-hybridized carbons (Fsp3) is 0.800. The Labute approximate surface area is 93.8 Å². The number of carboxylic acid groups (broad SMARTS) is 1. The number of carbonyl (C=O) groups is 2. The lowest BCUT2D eigenvalue weighted by Gasteiger charge is -2.27. The molecule has 1 unspecified atom stereocenters. The highest BCUT2D eigenvalue weighted by Crippen LogP contribution is 2.21. The van der Waals surface area contributed by atoms with Crippen LogP contribution in [0.5, 0.6) is 0 Å². The number of hydrogen-bond donors (Lipinski definition) is 2. The number of rotatable bonds is 1. The molecule has 0 spiro atoms. The normalized spacial score (nSPS) is 25.6. The van der Waals surface area contributed by atoms with Gasteiger partial charge in [-0.1, -0.05) is 0 Å². The number of ether oxygens (including phenoxy) is 1. The van der Waals surface area contributed by atoms with Crippen LogP contribution in [0.3, 0.4) is 0 Å². The quantitative estimate of drug-likeness (QED) is 0.683. The zero-order valence-electron chi connectivity index (χ0n) is 9.64. The van der Waals surface area contributed by atoms with Gasteiger partial charge >= 0.3 is 12.1 Å². The van der Waals surface area contributed by atoms with Crippen molar-refractivity contribution in [2.24, 2.45) is 0 Å². The summed E-state index contributed by atoms with van der Waals surface area (Å²) in [6, 6.07) is -1.20. The van der Waals surface area contributed by atoms with Crippen molar-refractivity contribution < 1.29 is 24.5 Å². The van der Waals surface area contributed by atoms with Gasteiger partial charge < -0.3 is 14.9 Å². The summed E-state index contributed by atoms with van der Waals surface area (Å²) in [5.41, 5.74) is -0.673. The van der Waals surface area contributed by atoms with Crippen molar-refractivity contribution >= 4 is 12.1 Å². The molecule has 0 radical (unpaired) electrons. The van der Waals surface area contributed by atoms with E-state index in [1.165, 1.54) is 0 Å². The Morgan fingerprint density at radius 3 is 2.38 bits per heavy atom. The van der Waals surface area contributed by atoms with Gasteiger partial charge in [0, 0.05) is 6.54 Å². The van der Waals surface area contributed by atoms with Crippen LogP contribution in [0, 0.1) is 0 Å². The largest absolute Gasteiger partial charge is 0.480 e. The van der Waals surface area contributed by atoms with Crippen LogP contribution in [0.25, 0.3) is 0 Å². The minimum atomic E-state index is -1.21. The first-order valence-corrected chi connectivity index (χ1v) is 5.13. The minimum absolute atomic E-state index is 0.201. The molecule has 1 saturated heterocycles. The van der Waals surface area contributed by atoms with Crippen molar-refractivity contribution in [1.29, 1.82) is 0 Å². The highest BCUT2D eigenvalue weighted by Gasteiger charge is 2.42. The molecule has 1 aliphatic heterocycles. The number of carbonyl (C=O) groups excluding carboxylic acids is 1. The highest BCUT2D eigenvalue weighted by atomic mass is 16.6. The Bertz CT molecular complexity index is 296. The fourth-order valence-electron chi connectivity index (χ4n) is 1.60. The molecule has 6 heteroatoms. The van der Waals surface area contributed by atoms with Crippen LogP contribution >= 0.6 is 0 Å². The van der Waals surface area contributed by atoms with E-state index in [-0.39, 0.29) is 13.0 Å². The summed E-state index contributed by atoms with van der Waals surface area (Å²) in [7, 11) is 0. The molecular weight excluding hydrogens is 214 g/mol. The van der Waals surface area contributed by atoms with Crippen LogP contribution in [-0.4, -0.2) is 51.5 Å². The predicted octanol–water partition coefficient (Wildman–Crippen LogP) is 0.441. The third-order valence-electron chi connectivity index (χ3n) is 2.25. The molecule has 2 N–H and O–H groups in total. The van der Waals surface area contributed by atoms with Gasteiger partial charge in [-0.3, -0.25) is 4.90 Å². The average molecular weight is 231 g/mol. The van der Waals surface area contributed by atoms with E-state index in [1.807, 2.05) is 0 Å². The number of nitrogens with zero attached hydrogens (tertiary/aromatic N) is 1. The van der Waals surface area contributed by atoms with Gasteiger partial charge in [-0.05, 0) is 27.2 Å².